The summed E-state index contributed by atoms with van der Waals surface area (Å²) in [4.78, 5) is 0. The van der Waals surface area contributed by atoms with Crippen LogP contribution in [0.15, 0.2) is 0 Å². The molecule has 1 aliphatic rings. The Labute approximate surface area is 81.2 Å². The Bertz CT molecular complexity index is 149. The highest BCUT2D eigenvalue weighted by Crippen LogP contribution is 2.32. The fraction of sp³-hybridized carbons (Fsp3) is 1.00. The molecule has 0 unspecified atom stereocenters. The third-order valence-electron chi connectivity index (χ3n) is 3.50. The first-order valence-corrected chi connectivity index (χ1v) is 5.26. The topological polar surface area (TPSA) is 38.5 Å². The van der Waals surface area contributed by atoms with Crippen molar-refractivity contribution in [3.63, 3.8) is 0 Å². The van der Waals surface area contributed by atoms with Crippen LogP contribution in [-0.4, -0.2) is 30.3 Å². The molecule has 0 aromatic heterocycles. The van der Waals surface area contributed by atoms with E-state index in [9.17, 15) is 0 Å². The van der Waals surface area contributed by atoms with E-state index in [4.69, 9.17) is 10.6 Å². The van der Waals surface area contributed by atoms with Gasteiger partial charge in [-0.3, -0.25) is 5.84 Å². The van der Waals surface area contributed by atoms with Gasteiger partial charge in [0.2, 0.25) is 0 Å². The summed E-state index contributed by atoms with van der Waals surface area (Å²) in [5, 5.41) is 1.95. The van der Waals surface area contributed by atoms with Crippen LogP contribution in [0.25, 0.3) is 0 Å². The van der Waals surface area contributed by atoms with Crippen molar-refractivity contribution < 1.29 is 4.74 Å². The Hall–Kier alpha value is -0.120. The fourth-order valence-corrected chi connectivity index (χ4v) is 2.50. The van der Waals surface area contributed by atoms with Gasteiger partial charge in [-0.15, -0.1) is 0 Å². The van der Waals surface area contributed by atoms with Crippen LogP contribution in [0.4, 0.5) is 0 Å². The molecular formula is C10H22N2O. The smallest absolute Gasteiger partial charge is 0.0841 e. The molecule has 78 valence electrons. The second-order valence-electron chi connectivity index (χ2n) is 3.87. The molecule has 0 radical (unpaired) electrons. The number of hydrazine groups is 1. The van der Waals surface area contributed by atoms with E-state index in [1.54, 1.807) is 7.11 Å². The molecule has 0 aromatic carbocycles. The van der Waals surface area contributed by atoms with Crippen LogP contribution in [-0.2, 0) is 4.74 Å². The summed E-state index contributed by atoms with van der Waals surface area (Å²) in [5.41, 5.74) is -0.0226. The number of methoxy groups -OCH3 is 1. The molecule has 1 rings (SSSR count). The molecule has 1 aliphatic heterocycles. The van der Waals surface area contributed by atoms with Gasteiger partial charge in [0.15, 0.2) is 0 Å². The standard InChI is InChI=1S/C10H22N2O/c1-4-10(5-2,13-3)9-7-6-8-12(9)11/h9H,4-8,11H2,1-3H3/t9-/m0/s1. The maximum atomic E-state index is 5.95. The molecule has 1 atom stereocenters. The Kier molecular flexibility index (Phi) is 3.71. The molecule has 2 N–H and O–H groups in total. The van der Waals surface area contributed by atoms with Crippen molar-refractivity contribution in [2.24, 2.45) is 5.84 Å². The lowest BCUT2D eigenvalue weighted by molar-refractivity contribution is -0.0738. The lowest BCUT2D eigenvalue weighted by Crippen LogP contribution is -2.52. The van der Waals surface area contributed by atoms with Crippen molar-refractivity contribution in [2.45, 2.75) is 51.2 Å². The van der Waals surface area contributed by atoms with Crippen LogP contribution >= 0.6 is 0 Å². The van der Waals surface area contributed by atoms with Crippen LogP contribution in [0.2, 0.25) is 0 Å². The number of hydrogen-bond acceptors (Lipinski definition) is 3. The minimum Gasteiger partial charge on any atom is -0.377 e. The van der Waals surface area contributed by atoms with Crippen LogP contribution in [0, 0.1) is 0 Å². The molecule has 13 heavy (non-hydrogen) atoms. The number of nitrogens with two attached hydrogens (primary N) is 1. The van der Waals surface area contributed by atoms with Crippen molar-refractivity contribution in [3.8, 4) is 0 Å². The third-order valence-corrected chi connectivity index (χ3v) is 3.50. The number of hydrogen-bond donors (Lipinski definition) is 1. The zero-order chi connectivity index (χ0) is 9.90. The van der Waals surface area contributed by atoms with Crippen LogP contribution < -0.4 is 5.84 Å². The van der Waals surface area contributed by atoms with Crippen molar-refractivity contribution in [2.75, 3.05) is 13.7 Å². The minimum absolute atomic E-state index is 0.0226. The van der Waals surface area contributed by atoms with Crippen LogP contribution in [0.5, 0.6) is 0 Å². The predicted octanol–water partition coefficient (Wildman–Crippen LogP) is 1.53. The molecule has 0 saturated carbocycles. The molecule has 1 fully saturated rings. The van der Waals surface area contributed by atoms with E-state index >= 15 is 0 Å². The highest BCUT2D eigenvalue weighted by Gasteiger charge is 2.40. The van der Waals surface area contributed by atoms with Crippen molar-refractivity contribution in [3.05, 3.63) is 0 Å². The second kappa shape index (κ2) is 4.40. The molecule has 0 amide bonds. The van der Waals surface area contributed by atoms with Gasteiger partial charge in [-0.25, -0.2) is 5.01 Å². The fourth-order valence-electron chi connectivity index (χ4n) is 2.50. The van der Waals surface area contributed by atoms with Gasteiger partial charge in [0.1, 0.15) is 0 Å². The Morgan fingerprint density at radius 1 is 1.46 bits per heavy atom. The first-order valence-electron chi connectivity index (χ1n) is 5.26. The zero-order valence-corrected chi connectivity index (χ0v) is 9.05. The van der Waals surface area contributed by atoms with Crippen molar-refractivity contribution in [1.82, 2.24) is 5.01 Å². The Balaban J connectivity index is 2.73. The van der Waals surface area contributed by atoms with Crippen molar-refractivity contribution in [1.29, 1.82) is 0 Å². The van der Waals surface area contributed by atoms with E-state index in [2.05, 4.69) is 13.8 Å². The first-order chi connectivity index (χ1) is 6.20. The highest BCUT2D eigenvalue weighted by atomic mass is 16.5. The second-order valence-corrected chi connectivity index (χ2v) is 3.87. The maximum absolute atomic E-state index is 5.95. The molecule has 1 heterocycles. The third kappa shape index (κ3) is 1.87. The van der Waals surface area contributed by atoms with Crippen LogP contribution in [0.1, 0.15) is 39.5 Å². The summed E-state index contributed by atoms with van der Waals surface area (Å²) in [6.45, 7) is 5.37. The van der Waals surface area contributed by atoms with E-state index in [1.165, 1.54) is 12.8 Å². The average Bonchev–Trinajstić information content (AvgIpc) is 2.57. The number of rotatable bonds is 4. The predicted molar refractivity (Wildman–Crippen MR) is 54.2 cm³/mol. The highest BCUT2D eigenvalue weighted by molar-refractivity contribution is 4.94. The maximum Gasteiger partial charge on any atom is 0.0841 e. The van der Waals surface area contributed by atoms with Gasteiger partial charge >= 0.3 is 0 Å². The SMILES string of the molecule is CCC(CC)(OC)[C@@H]1CCCN1N. The van der Waals surface area contributed by atoms with Gasteiger partial charge in [0, 0.05) is 13.7 Å². The molecule has 0 bridgehead atoms. The van der Waals surface area contributed by atoms with Gasteiger partial charge in [0.25, 0.3) is 0 Å². The van der Waals surface area contributed by atoms with Gasteiger partial charge in [0.05, 0.1) is 11.6 Å². The van der Waals surface area contributed by atoms with E-state index in [1.807, 2.05) is 5.01 Å². The largest absolute Gasteiger partial charge is 0.377 e. The summed E-state index contributed by atoms with van der Waals surface area (Å²) in [6.07, 6.45) is 4.45. The lowest BCUT2D eigenvalue weighted by atomic mass is 9.87. The van der Waals surface area contributed by atoms with Gasteiger partial charge in [-0.05, 0) is 25.7 Å². The quantitative estimate of drug-likeness (QED) is 0.677. The summed E-state index contributed by atoms with van der Waals surface area (Å²) < 4.78 is 5.67. The van der Waals surface area contributed by atoms with Crippen LogP contribution in [0.3, 0.4) is 0 Å². The molecule has 0 spiro atoms. The van der Waals surface area contributed by atoms with Crippen molar-refractivity contribution >= 4 is 0 Å². The number of nitrogens with zero attached hydrogens (tertiary/aromatic N) is 1. The Morgan fingerprint density at radius 3 is 2.38 bits per heavy atom. The van der Waals surface area contributed by atoms with Gasteiger partial charge in [-0.1, -0.05) is 13.8 Å². The van der Waals surface area contributed by atoms with E-state index < -0.39 is 0 Å². The molecular weight excluding hydrogens is 164 g/mol. The normalized spacial score (nSPS) is 25.4. The number of ether oxygens (including phenoxy) is 1. The molecule has 3 heteroatoms. The van der Waals surface area contributed by atoms with Gasteiger partial charge in [-0.2, -0.15) is 0 Å². The summed E-state index contributed by atoms with van der Waals surface area (Å²) in [7, 11) is 1.80. The molecule has 1 saturated heterocycles. The van der Waals surface area contributed by atoms with E-state index in [0.717, 1.165) is 19.4 Å². The van der Waals surface area contributed by atoms with E-state index in [0.29, 0.717) is 6.04 Å². The Morgan fingerprint density at radius 2 is 2.08 bits per heavy atom. The van der Waals surface area contributed by atoms with Gasteiger partial charge < -0.3 is 4.74 Å². The minimum atomic E-state index is -0.0226. The summed E-state index contributed by atoms with van der Waals surface area (Å²) in [5.74, 6) is 5.95. The first kappa shape index (κ1) is 11.0. The van der Waals surface area contributed by atoms with E-state index in [-0.39, 0.29) is 5.60 Å². The molecule has 0 aromatic rings. The monoisotopic (exact) mass is 186 g/mol. The zero-order valence-electron chi connectivity index (χ0n) is 9.05. The lowest BCUT2D eigenvalue weighted by Gasteiger charge is -2.39. The molecule has 3 nitrogen and oxygen atoms in total. The molecule has 0 aliphatic carbocycles. The summed E-state index contributed by atoms with van der Waals surface area (Å²) >= 11 is 0. The summed E-state index contributed by atoms with van der Waals surface area (Å²) in [6, 6.07) is 0.410. The average molecular weight is 186 g/mol.